The molecule has 1 saturated heterocycles. The molecule has 14 heteroatoms. The number of methoxy groups -OCH3 is 3. The molecule has 1 amide bonds. The van der Waals surface area contributed by atoms with Crippen molar-refractivity contribution in [3.8, 4) is 34.5 Å². The number of benzene rings is 4. The van der Waals surface area contributed by atoms with Gasteiger partial charge in [0.05, 0.1) is 21.3 Å². The first-order chi connectivity index (χ1) is 28.7. The van der Waals surface area contributed by atoms with Crippen molar-refractivity contribution >= 4 is 46.2 Å². The molecule has 1 atom stereocenters. The Morgan fingerprint density at radius 1 is 0.932 bits per heavy atom. The smallest absolute Gasteiger partial charge is 0.363 e. The van der Waals surface area contributed by atoms with Crippen LogP contribution in [0, 0.1) is 5.92 Å². The Morgan fingerprint density at radius 2 is 1.66 bits per heavy atom. The number of nitrogens with two attached hydrogens (primary N) is 1. The number of amides is 1. The van der Waals surface area contributed by atoms with Crippen LogP contribution in [0.15, 0.2) is 115 Å². The molecule has 298 valence electrons. The monoisotopic (exact) mass is 792 g/mol. The van der Waals surface area contributed by atoms with Crippen molar-refractivity contribution in [3.05, 3.63) is 132 Å². The second kappa shape index (κ2) is 16.5. The van der Waals surface area contributed by atoms with E-state index in [4.69, 9.17) is 34.5 Å². The molecule has 3 N–H and O–H groups in total. The predicted molar refractivity (Wildman–Crippen MR) is 223 cm³/mol. The van der Waals surface area contributed by atoms with E-state index in [2.05, 4.69) is 21.5 Å². The molecule has 1 fully saturated rings. The molecule has 0 radical (unpaired) electrons. The number of H-pyrrole nitrogens is 1. The van der Waals surface area contributed by atoms with E-state index in [0.29, 0.717) is 92.4 Å². The van der Waals surface area contributed by atoms with Crippen molar-refractivity contribution in [1.29, 1.82) is 0 Å². The Morgan fingerprint density at radius 3 is 2.39 bits per heavy atom. The number of ketones is 1. The van der Waals surface area contributed by atoms with E-state index in [1.165, 1.54) is 27.7 Å². The van der Waals surface area contributed by atoms with Crippen molar-refractivity contribution in [3.63, 3.8) is 0 Å². The van der Waals surface area contributed by atoms with E-state index >= 15 is 0 Å². The maximum absolute atomic E-state index is 13.7. The number of hydrogen-bond donors (Lipinski definition) is 2. The summed E-state index contributed by atoms with van der Waals surface area (Å²) in [5.74, 6) is 3.61. The number of carbonyl (C=O) groups is 2. The highest BCUT2D eigenvalue weighted by Gasteiger charge is 2.35. The Kier molecular flexibility index (Phi) is 10.8. The number of anilines is 1. The number of hydrogen-bond acceptors (Lipinski definition) is 11. The van der Waals surface area contributed by atoms with Crippen LogP contribution in [0.5, 0.6) is 34.5 Å². The summed E-state index contributed by atoms with van der Waals surface area (Å²) in [5, 5.41) is 5.63. The minimum Gasteiger partial charge on any atom is -0.493 e. The van der Waals surface area contributed by atoms with Gasteiger partial charge in [0, 0.05) is 64.4 Å². The lowest BCUT2D eigenvalue weighted by Gasteiger charge is -2.31. The molecule has 0 aliphatic carbocycles. The van der Waals surface area contributed by atoms with Crippen LogP contribution < -0.4 is 29.4 Å². The number of nitrogens with zero attached hydrogens (tertiary/aromatic N) is 5. The van der Waals surface area contributed by atoms with Crippen LogP contribution in [0.25, 0.3) is 10.9 Å². The fraction of sp³-hybridized carbons (Fsp3) is 0.200. The van der Waals surface area contributed by atoms with E-state index in [0.717, 1.165) is 24.2 Å². The van der Waals surface area contributed by atoms with E-state index in [-0.39, 0.29) is 24.2 Å². The first-order valence-corrected chi connectivity index (χ1v) is 19.0. The fourth-order valence-corrected chi connectivity index (χ4v) is 7.33. The molecule has 2 aliphatic rings. The number of nitrogen functional groups attached to an aromatic ring is 1. The van der Waals surface area contributed by atoms with Gasteiger partial charge >= 0.3 is 5.82 Å². The standard InChI is InChI=1S/C45H41N7O7/c1-27(25-58-33-16-17-34-35(22-47-36(34)21-33)41(53)30-19-37(55-2)42(57-4)38(20-30)56-3)45(54)51-18-8-9-28(23-51)24-52-44-39(43(46)48-26-49-44)40(50-52)29-12-14-32(15-13-29)59-31-10-6-5-7-11-31/h5-7,10-17,19-22,24,26,28H,1,8-9,18,23,25H2,2-4H3,(H2-,46,47,48,49,50,53)/p+1/b52-24+. The van der Waals surface area contributed by atoms with Crippen molar-refractivity contribution in [1.82, 2.24) is 19.9 Å². The van der Waals surface area contributed by atoms with Gasteiger partial charge < -0.3 is 39.3 Å². The number of fused-ring (bicyclic) bond motifs is 2. The van der Waals surface area contributed by atoms with Crippen LogP contribution in [0.1, 0.15) is 39.9 Å². The van der Waals surface area contributed by atoms with Crippen LogP contribution >= 0.6 is 0 Å². The average molecular weight is 793 g/mol. The van der Waals surface area contributed by atoms with Gasteiger partial charge in [-0.25, -0.2) is 0 Å². The highest BCUT2D eigenvalue weighted by Crippen LogP contribution is 2.39. The third kappa shape index (κ3) is 7.80. The highest BCUT2D eigenvalue weighted by atomic mass is 16.5. The second-order valence-electron chi connectivity index (χ2n) is 14.0. The van der Waals surface area contributed by atoms with Crippen molar-refractivity contribution < 1.29 is 38.0 Å². The van der Waals surface area contributed by atoms with Crippen LogP contribution in [0.3, 0.4) is 0 Å². The van der Waals surface area contributed by atoms with E-state index in [9.17, 15) is 9.59 Å². The first kappa shape index (κ1) is 38.4. The quantitative estimate of drug-likeness (QED) is 0.0711. The topological polar surface area (TPSA) is 166 Å². The van der Waals surface area contributed by atoms with Gasteiger partial charge in [0.1, 0.15) is 47.2 Å². The summed E-state index contributed by atoms with van der Waals surface area (Å²) in [6.45, 7) is 5.13. The largest absolute Gasteiger partial charge is 0.493 e. The molecule has 4 aromatic carbocycles. The first-order valence-electron chi connectivity index (χ1n) is 19.0. The van der Waals surface area contributed by atoms with Crippen LogP contribution in [0.2, 0.25) is 0 Å². The van der Waals surface area contributed by atoms with Gasteiger partial charge in [-0.05, 0) is 78.5 Å². The second-order valence-corrected chi connectivity index (χ2v) is 14.0. The third-order valence-corrected chi connectivity index (χ3v) is 10.3. The normalized spacial score (nSPS) is 15.4. The van der Waals surface area contributed by atoms with Crippen molar-refractivity contribution in [2.75, 3.05) is 46.8 Å². The summed E-state index contributed by atoms with van der Waals surface area (Å²) in [4.78, 5) is 41.0. The van der Waals surface area contributed by atoms with Crippen LogP contribution in [0.4, 0.5) is 11.6 Å². The lowest BCUT2D eigenvalue weighted by molar-refractivity contribution is -0.442. The zero-order chi connectivity index (χ0) is 41.0. The third-order valence-electron chi connectivity index (χ3n) is 10.3. The van der Waals surface area contributed by atoms with Gasteiger partial charge in [-0.3, -0.25) is 9.59 Å². The number of nitrogens with one attached hydrogen (secondary N) is 1. The number of hydrazone groups is 1. The minimum atomic E-state index is -0.223. The van der Waals surface area contributed by atoms with Gasteiger partial charge in [0.25, 0.3) is 5.91 Å². The molecule has 1 unspecified atom stereocenters. The van der Waals surface area contributed by atoms with Crippen molar-refractivity contribution in [2.24, 2.45) is 11.0 Å². The SMILES string of the molecule is C=C(COc1ccc2c(C(=O)c3cc(OC)c(OC)c(OC)c3)c[nH]c2c1)C(=O)N1CCCC(/C=[N+]2/N=C(c3ccc(Oc4ccccc4)cc3)c3c(N)ncnc32)C1. The average Bonchev–Trinajstić information content (AvgIpc) is 3.87. The van der Waals surface area contributed by atoms with Gasteiger partial charge in [0.15, 0.2) is 17.3 Å². The molecule has 2 aliphatic heterocycles. The molecule has 4 heterocycles. The van der Waals surface area contributed by atoms with Gasteiger partial charge in [-0.2, -0.15) is 4.98 Å². The Balaban J connectivity index is 0.922. The Hall–Kier alpha value is -7.48. The molecule has 6 aromatic rings. The van der Waals surface area contributed by atoms with Crippen LogP contribution in [-0.4, -0.2) is 89.2 Å². The number of aromatic amines is 1. The number of likely N-dealkylation sites (tertiary alicyclic amines) is 1. The Labute approximate surface area is 340 Å². The molecular formula is C45H42N7O7+. The minimum absolute atomic E-state index is 0.00825. The maximum Gasteiger partial charge on any atom is 0.363 e. The maximum atomic E-state index is 13.7. The number of aromatic nitrogens is 3. The summed E-state index contributed by atoms with van der Waals surface area (Å²) < 4.78 is 30.0. The Bertz CT molecular complexity index is 2610. The molecule has 2 aromatic heterocycles. The molecule has 59 heavy (non-hydrogen) atoms. The van der Waals surface area contributed by atoms with E-state index in [1.807, 2.05) is 60.8 Å². The van der Waals surface area contributed by atoms with Crippen LogP contribution in [-0.2, 0) is 4.79 Å². The fourth-order valence-electron chi connectivity index (χ4n) is 7.33. The van der Waals surface area contributed by atoms with Gasteiger partial charge in [0.2, 0.25) is 12.1 Å². The van der Waals surface area contributed by atoms with Gasteiger partial charge in [-0.1, -0.05) is 29.9 Å². The number of carbonyl (C=O) groups excluding carboxylic acids is 2. The van der Waals surface area contributed by atoms with E-state index in [1.54, 1.807) is 46.1 Å². The molecule has 0 saturated carbocycles. The number of ether oxygens (including phenoxy) is 5. The number of piperidine rings is 1. The summed E-state index contributed by atoms with van der Waals surface area (Å²) in [6.07, 6.45) is 6.73. The molecule has 8 rings (SSSR count). The molecule has 0 bridgehead atoms. The summed E-state index contributed by atoms with van der Waals surface area (Å²) in [7, 11) is 4.51. The lowest BCUT2D eigenvalue weighted by Crippen LogP contribution is -2.42. The molecule has 0 spiro atoms. The molecular weight excluding hydrogens is 751 g/mol. The number of para-hydroxylation sites is 1. The van der Waals surface area contributed by atoms with Crippen molar-refractivity contribution in [2.45, 2.75) is 12.8 Å². The van der Waals surface area contributed by atoms with E-state index < -0.39 is 0 Å². The lowest BCUT2D eigenvalue weighted by atomic mass is 9.98. The highest BCUT2D eigenvalue weighted by molar-refractivity contribution is 6.18. The zero-order valence-electron chi connectivity index (χ0n) is 32.8. The predicted octanol–water partition coefficient (Wildman–Crippen LogP) is 6.94. The zero-order valence-corrected chi connectivity index (χ0v) is 32.8. The molecule has 14 nitrogen and oxygen atoms in total. The number of rotatable bonds is 13. The van der Waals surface area contributed by atoms with Gasteiger partial charge in [-0.15, -0.1) is 4.68 Å². The summed E-state index contributed by atoms with van der Waals surface area (Å²) >= 11 is 0. The summed E-state index contributed by atoms with van der Waals surface area (Å²) in [5.41, 5.74) is 10.4. The summed E-state index contributed by atoms with van der Waals surface area (Å²) in [6, 6.07) is 25.8.